The van der Waals surface area contributed by atoms with Crippen molar-refractivity contribution in [1.82, 2.24) is 0 Å². The van der Waals surface area contributed by atoms with E-state index in [2.05, 4.69) is 0 Å². The van der Waals surface area contributed by atoms with Crippen LogP contribution in [0.25, 0.3) is 0 Å². The van der Waals surface area contributed by atoms with Gasteiger partial charge >= 0.3 is 0 Å². The summed E-state index contributed by atoms with van der Waals surface area (Å²) < 4.78 is 16.2. The van der Waals surface area contributed by atoms with Gasteiger partial charge < -0.3 is 14.2 Å². The van der Waals surface area contributed by atoms with Gasteiger partial charge in [-0.3, -0.25) is 0 Å². The van der Waals surface area contributed by atoms with Crippen LogP contribution in [0.4, 0.5) is 0 Å². The highest BCUT2D eigenvalue weighted by atomic mass is 16.8. The zero-order chi connectivity index (χ0) is 7.19. The quantitative estimate of drug-likeness (QED) is 0.496. The van der Waals surface area contributed by atoms with Crippen molar-refractivity contribution in [1.29, 1.82) is 0 Å². The molecule has 2 aliphatic rings. The van der Waals surface area contributed by atoms with Crippen molar-refractivity contribution in [2.45, 2.75) is 31.8 Å². The number of hydrogen-bond donors (Lipinski definition) is 0. The number of hydrogen-bond acceptors (Lipinski definition) is 3. The molecule has 58 valence electrons. The molecule has 3 heteroatoms. The summed E-state index contributed by atoms with van der Waals surface area (Å²) in [5, 5.41) is 0. The molecule has 0 aromatic carbocycles. The van der Waals surface area contributed by atoms with Gasteiger partial charge in [0.2, 0.25) is 0 Å². The third kappa shape index (κ3) is 0.944. The molecule has 0 N–H and O–H groups in total. The minimum absolute atomic E-state index is 0.176. The van der Waals surface area contributed by atoms with Crippen molar-refractivity contribution in [2.24, 2.45) is 0 Å². The van der Waals surface area contributed by atoms with Gasteiger partial charge in [0, 0.05) is 0 Å². The largest absolute Gasteiger partial charge is 0.376 e. The van der Waals surface area contributed by atoms with Crippen LogP contribution in [0, 0.1) is 0 Å². The fraction of sp³-hybridized carbons (Fsp3) is 1.00. The van der Waals surface area contributed by atoms with Gasteiger partial charge in [0.05, 0.1) is 13.2 Å². The second-order valence-electron chi connectivity index (χ2n) is 3.25. The van der Waals surface area contributed by atoms with Crippen molar-refractivity contribution in [3.63, 3.8) is 0 Å². The summed E-state index contributed by atoms with van der Waals surface area (Å²) in [5.74, 6) is -0.390. The van der Waals surface area contributed by atoms with Crippen molar-refractivity contribution >= 4 is 0 Å². The first kappa shape index (κ1) is 6.58. The van der Waals surface area contributed by atoms with E-state index < -0.39 is 0 Å². The lowest BCUT2D eigenvalue weighted by Gasteiger charge is -2.17. The summed E-state index contributed by atoms with van der Waals surface area (Å²) in [7, 11) is 0. The monoisotopic (exact) mass is 144 g/mol. The maximum Gasteiger partial charge on any atom is 0.163 e. The first-order chi connectivity index (χ1) is 4.67. The number of fused-ring (bicyclic) bond motifs is 1. The third-order valence-electron chi connectivity index (χ3n) is 1.85. The molecule has 2 atom stereocenters. The van der Waals surface area contributed by atoms with Gasteiger partial charge in [0.15, 0.2) is 5.79 Å². The van der Waals surface area contributed by atoms with E-state index in [1.807, 2.05) is 13.8 Å². The van der Waals surface area contributed by atoms with Gasteiger partial charge in [0.1, 0.15) is 12.2 Å². The Morgan fingerprint density at radius 2 is 1.60 bits per heavy atom. The van der Waals surface area contributed by atoms with Crippen LogP contribution in [0.15, 0.2) is 0 Å². The molecule has 0 aliphatic carbocycles. The molecule has 3 nitrogen and oxygen atoms in total. The molecule has 2 aliphatic heterocycles. The molecule has 2 fully saturated rings. The Kier molecular flexibility index (Phi) is 1.27. The second kappa shape index (κ2) is 1.94. The summed E-state index contributed by atoms with van der Waals surface area (Å²) in [6.07, 6.45) is 0.352. The fourth-order valence-electron chi connectivity index (χ4n) is 1.49. The smallest absolute Gasteiger partial charge is 0.163 e. The van der Waals surface area contributed by atoms with Crippen LogP contribution >= 0.6 is 0 Å². The van der Waals surface area contributed by atoms with E-state index in [0.717, 1.165) is 0 Å². The van der Waals surface area contributed by atoms with Crippen LogP contribution in [0.3, 0.4) is 0 Å². The molecule has 0 amide bonds. The van der Waals surface area contributed by atoms with Crippen LogP contribution in [-0.2, 0) is 14.2 Å². The third-order valence-corrected chi connectivity index (χ3v) is 1.85. The van der Waals surface area contributed by atoms with Crippen molar-refractivity contribution in [2.75, 3.05) is 13.2 Å². The lowest BCUT2D eigenvalue weighted by Crippen LogP contribution is -2.23. The molecule has 0 aromatic heterocycles. The SMILES string of the molecule is CC1(C)O[C@H]2COC[C@H]2O1. The Morgan fingerprint density at radius 3 is 2.10 bits per heavy atom. The van der Waals surface area contributed by atoms with E-state index in [1.54, 1.807) is 0 Å². The van der Waals surface area contributed by atoms with Crippen LogP contribution in [0.2, 0.25) is 0 Å². The molecule has 2 heterocycles. The second-order valence-corrected chi connectivity index (χ2v) is 3.25. The topological polar surface area (TPSA) is 27.7 Å². The molecule has 2 rings (SSSR count). The molecular weight excluding hydrogens is 132 g/mol. The first-order valence-corrected chi connectivity index (χ1v) is 3.61. The summed E-state index contributed by atoms with van der Waals surface area (Å²) >= 11 is 0. The van der Waals surface area contributed by atoms with Crippen LogP contribution in [-0.4, -0.2) is 31.2 Å². The molecular formula is C7H12O3. The highest BCUT2D eigenvalue weighted by Crippen LogP contribution is 2.31. The van der Waals surface area contributed by atoms with Gasteiger partial charge in [-0.15, -0.1) is 0 Å². The molecule has 0 radical (unpaired) electrons. The van der Waals surface area contributed by atoms with Crippen molar-refractivity contribution in [3.05, 3.63) is 0 Å². The Labute approximate surface area is 60.3 Å². The normalized spacial score (nSPS) is 43.8. The fourth-order valence-corrected chi connectivity index (χ4v) is 1.49. The average molecular weight is 144 g/mol. The maximum absolute atomic E-state index is 5.53. The van der Waals surface area contributed by atoms with E-state index in [-0.39, 0.29) is 18.0 Å². The summed E-state index contributed by atoms with van der Waals surface area (Å²) in [6, 6.07) is 0. The first-order valence-electron chi connectivity index (χ1n) is 3.61. The molecule has 10 heavy (non-hydrogen) atoms. The summed E-state index contributed by atoms with van der Waals surface area (Å²) in [4.78, 5) is 0. The average Bonchev–Trinajstić information content (AvgIpc) is 2.20. The van der Waals surface area contributed by atoms with Gasteiger partial charge in [-0.25, -0.2) is 0 Å². The van der Waals surface area contributed by atoms with Gasteiger partial charge in [-0.05, 0) is 13.8 Å². The lowest BCUT2D eigenvalue weighted by atomic mass is 10.3. The molecule has 0 unspecified atom stereocenters. The number of ether oxygens (including phenoxy) is 3. The van der Waals surface area contributed by atoms with E-state index in [4.69, 9.17) is 14.2 Å². The van der Waals surface area contributed by atoms with E-state index >= 15 is 0 Å². The molecule has 0 aromatic rings. The van der Waals surface area contributed by atoms with Crippen LogP contribution in [0.5, 0.6) is 0 Å². The molecule has 0 spiro atoms. The predicted octanol–water partition coefficient (Wildman–Crippen LogP) is 0.537. The van der Waals surface area contributed by atoms with Gasteiger partial charge in [-0.2, -0.15) is 0 Å². The molecule has 2 saturated heterocycles. The molecule has 0 saturated carbocycles. The van der Waals surface area contributed by atoms with E-state index in [1.165, 1.54) is 0 Å². The zero-order valence-electron chi connectivity index (χ0n) is 6.29. The standard InChI is InChI=1S/C7H12O3/c1-7(2)9-5-3-8-4-6(5)10-7/h5-6H,3-4H2,1-2H3/t5-,6+. The Balaban J connectivity index is 2.07. The molecule has 0 bridgehead atoms. The minimum Gasteiger partial charge on any atom is -0.376 e. The van der Waals surface area contributed by atoms with Crippen LogP contribution < -0.4 is 0 Å². The lowest BCUT2D eigenvalue weighted by molar-refractivity contribution is -0.164. The van der Waals surface area contributed by atoms with E-state index in [0.29, 0.717) is 13.2 Å². The van der Waals surface area contributed by atoms with Crippen molar-refractivity contribution in [3.8, 4) is 0 Å². The highest BCUT2D eigenvalue weighted by Gasteiger charge is 2.44. The van der Waals surface area contributed by atoms with Crippen molar-refractivity contribution < 1.29 is 14.2 Å². The van der Waals surface area contributed by atoms with Gasteiger partial charge in [0.25, 0.3) is 0 Å². The Bertz CT molecular complexity index is 130. The van der Waals surface area contributed by atoms with E-state index in [9.17, 15) is 0 Å². The number of rotatable bonds is 0. The maximum atomic E-state index is 5.53. The zero-order valence-corrected chi connectivity index (χ0v) is 6.29. The highest BCUT2D eigenvalue weighted by molar-refractivity contribution is 4.84. The van der Waals surface area contributed by atoms with Crippen LogP contribution in [0.1, 0.15) is 13.8 Å². The van der Waals surface area contributed by atoms with Gasteiger partial charge in [-0.1, -0.05) is 0 Å². The summed E-state index contributed by atoms with van der Waals surface area (Å²) in [5.41, 5.74) is 0. The predicted molar refractivity (Wildman–Crippen MR) is 34.6 cm³/mol. The Hall–Kier alpha value is -0.120. The summed E-state index contributed by atoms with van der Waals surface area (Å²) in [6.45, 7) is 5.25. The minimum atomic E-state index is -0.390. The Morgan fingerprint density at radius 1 is 1.10 bits per heavy atom.